The smallest absolute Gasteiger partial charge is 0.132 e. The first-order valence-electron chi connectivity index (χ1n) is 5.54. The van der Waals surface area contributed by atoms with Crippen molar-refractivity contribution in [2.75, 3.05) is 6.61 Å². The van der Waals surface area contributed by atoms with Gasteiger partial charge in [-0.15, -0.1) is 0 Å². The second kappa shape index (κ2) is 4.96. The zero-order valence-electron chi connectivity index (χ0n) is 8.82. The van der Waals surface area contributed by atoms with E-state index >= 15 is 0 Å². The van der Waals surface area contributed by atoms with Gasteiger partial charge in [-0.25, -0.2) is 0 Å². The van der Waals surface area contributed by atoms with Gasteiger partial charge in [0.1, 0.15) is 11.5 Å². The third-order valence-corrected chi connectivity index (χ3v) is 2.89. The molecule has 0 aliphatic heterocycles. The standard InChI is InChI=1S/C13H16O2/c14-12-8-6-11(7-9-12)10-15-13-4-2-1-3-5-13/h1-5,11H,6-10H2. The van der Waals surface area contributed by atoms with E-state index in [1.807, 2.05) is 30.3 Å². The van der Waals surface area contributed by atoms with Crippen LogP contribution in [0.4, 0.5) is 0 Å². The van der Waals surface area contributed by atoms with Crippen LogP contribution >= 0.6 is 0 Å². The molecule has 0 amide bonds. The molecule has 1 aromatic carbocycles. The summed E-state index contributed by atoms with van der Waals surface area (Å²) in [6.45, 7) is 0.747. The lowest BCUT2D eigenvalue weighted by Gasteiger charge is -2.20. The van der Waals surface area contributed by atoms with Crippen LogP contribution in [0.3, 0.4) is 0 Å². The summed E-state index contributed by atoms with van der Waals surface area (Å²) in [6, 6.07) is 9.85. The molecule has 0 atom stereocenters. The predicted octanol–water partition coefficient (Wildman–Crippen LogP) is 2.82. The van der Waals surface area contributed by atoms with Crippen LogP contribution < -0.4 is 4.74 Å². The normalized spacial score (nSPS) is 17.7. The molecule has 0 unspecified atom stereocenters. The van der Waals surface area contributed by atoms with Gasteiger partial charge in [0.2, 0.25) is 0 Å². The van der Waals surface area contributed by atoms with Gasteiger partial charge in [-0.05, 0) is 30.9 Å². The van der Waals surface area contributed by atoms with E-state index in [2.05, 4.69) is 0 Å². The maximum Gasteiger partial charge on any atom is 0.132 e. The van der Waals surface area contributed by atoms with Gasteiger partial charge < -0.3 is 4.74 Å². The molecule has 1 aliphatic rings. The Kier molecular flexibility index (Phi) is 3.38. The molecule has 1 aromatic rings. The summed E-state index contributed by atoms with van der Waals surface area (Å²) in [7, 11) is 0. The Morgan fingerprint density at radius 1 is 1.13 bits per heavy atom. The lowest BCUT2D eigenvalue weighted by Crippen LogP contribution is -2.19. The van der Waals surface area contributed by atoms with Crippen molar-refractivity contribution in [3.8, 4) is 5.75 Å². The number of hydrogen-bond acceptors (Lipinski definition) is 2. The molecule has 0 bridgehead atoms. The van der Waals surface area contributed by atoms with Crippen LogP contribution in [-0.4, -0.2) is 12.4 Å². The molecule has 1 fully saturated rings. The second-order valence-electron chi connectivity index (χ2n) is 4.11. The molecule has 80 valence electrons. The molecule has 2 nitrogen and oxygen atoms in total. The molecule has 0 saturated heterocycles. The Morgan fingerprint density at radius 3 is 2.47 bits per heavy atom. The molecular formula is C13H16O2. The van der Waals surface area contributed by atoms with Crippen molar-refractivity contribution in [2.45, 2.75) is 25.7 Å². The van der Waals surface area contributed by atoms with Crippen LogP contribution in [0, 0.1) is 5.92 Å². The summed E-state index contributed by atoms with van der Waals surface area (Å²) < 4.78 is 5.67. The van der Waals surface area contributed by atoms with Gasteiger partial charge in [0.15, 0.2) is 0 Å². The Bertz CT molecular complexity index is 309. The summed E-state index contributed by atoms with van der Waals surface area (Å²) in [5, 5.41) is 0. The van der Waals surface area contributed by atoms with E-state index in [9.17, 15) is 4.79 Å². The number of ketones is 1. The maximum absolute atomic E-state index is 11.0. The number of carbonyl (C=O) groups is 1. The van der Waals surface area contributed by atoms with Gasteiger partial charge in [-0.2, -0.15) is 0 Å². The second-order valence-corrected chi connectivity index (χ2v) is 4.11. The van der Waals surface area contributed by atoms with E-state index in [1.165, 1.54) is 0 Å². The topological polar surface area (TPSA) is 26.3 Å². The summed E-state index contributed by atoms with van der Waals surface area (Å²) in [6.07, 6.45) is 3.46. The van der Waals surface area contributed by atoms with Crippen LogP contribution in [-0.2, 0) is 4.79 Å². The molecule has 2 heteroatoms. The van der Waals surface area contributed by atoms with Gasteiger partial charge in [-0.3, -0.25) is 4.79 Å². The molecule has 1 saturated carbocycles. The summed E-state index contributed by atoms with van der Waals surface area (Å²) in [5.74, 6) is 1.89. The highest BCUT2D eigenvalue weighted by Crippen LogP contribution is 2.22. The predicted molar refractivity (Wildman–Crippen MR) is 58.9 cm³/mol. The average Bonchev–Trinajstić information content (AvgIpc) is 2.30. The van der Waals surface area contributed by atoms with Crippen molar-refractivity contribution in [3.05, 3.63) is 30.3 Å². The molecule has 1 aliphatic carbocycles. The van der Waals surface area contributed by atoms with Gasteiger partial charge in [0, 0.05) is 12.8 Å². The molecule has 0 spiro atoms. The monoisotopic (exact) mass is 204 g/mol. The van der Waals surface area contributed by atoms with Crippen LogP contribution in [0.1, 0.15) is 25.7 Å². The number of hydrogen-bond donors (Lipinski definition) is 0. The molecule has 0 radical (unpaired) electrons. The van der Waals surface area contributed by atoms with E-state index in [0.717, 1.165) is 38.0 Å². The molecule has 2 rings (SSSR count). The Hall–Kier alpha value is -1.31. The fraction of sp³-hybridized carbons (Fsp3) is 0.462. The third kappa shape index (κ3) is 3.08. The molecular weight excluding hydrogens is 188 g/mol. The van der Waals surface area contributed by atoms with Crippen molar-refractivity contribution >= 4 is 5.78 Å². The minimum atomic E-state index is 0.408. The summed E-state index contributed by atoms with van der Waals surface area (Å²) >= 11 is 0. The Morgan fingerprint density at radius 2 is 1.80 bits per heavy atom. The minimum absolute atomic E-state index is 0.408. The van der Waals surface area contributed by atoms with Crippen LogP contribution in [0.2, 0.25) is 0 Å². The van der Waals surface area contributed by atoms with E-state index < -0.39 is 0 Å². The largest absolute Gasteiger partial charge is 0.493 e. The average molecular weight is 204 g/mol. The van der Waals surface area contributed by atoms with Crippen LogP contribution in [0.5, 0.6) is 5.75 Å². The lowest BCUT2D eigenvalue weighted by molar-refractivity contribution is -0.121. The quantitative estimate of drug-likeness (QED) is 0.756. The first kappa shape index (κ1) is 10.2. The fourth-order valence-electron chi connectivity index (χ4n) is 1.90. The SMILES string of the molecule is O=C1CCC(COc2ccccc2)CC1. The number of carbonyl (C=O) groups excluding carboxylic acids is 1. The Balaban J connectivity index is 1.77. The van der Waals surface area contributed by atoms with E-state index in [1.54, 1.807) is 0 Å². The maximum atomic E-state index is 11.0. The zero-order valence-corrected chi connectivity index (χ0v) is 8.82. The molecule has 0 N–H and O–H groups in total. The van der Waals surface area contributed by atoms with Crippen molar-refractivity contribution in [1.29, 1.82) is 0 Å². The number of rotatable bonds is 3. The number of Topliss-reactive ketones (excluding diaryl/α,β-unsaturated/α-hetero) is 1. The lowest BCUT2D eigenvalue weighted by atomic mass is 9.89. The molecule has 0 heterocycles. The fourth-order valence-corrected chi connectivity index (χ4v) is 1.90. The van der Waals surface area contributed by atoms with Gasteiger partial charge in [0.25, 0.3) is 0 Å². The van der Waals surface area contributed by atoms with Gasteiger partial charge in [-0.1, -0.05) is 18.2 Å². The van der Waals surface area contributed by atoms with Crippen LogP contribution in [0.25, 0.3) is 0 Å². The van der Waals surface area contributed by atoms with E-state index in [4.69, 9.17) is 4.74 Å². The highest BCUT2D eigenvalue weighted by Gasteiger charge is 2.18. The van der Waals surface area contributed by atoms with Gasteiger partial charge >= 0.3 is 0 Å². The highest BCUT2D eigenvalue weighted by molar-refractivity contribution is 5.79. The van der Waals surface area contributed by atoms with Crippen molar-refractivity contribution in [2.24, 2.45) is 5.92 Å². The summed E-state index contributed by atoms with van der Waals surface area (Å²) in [5.41, 5.74) is 0. The number of ether oxygens (including phenoxy) is 1. The number of benzene rings is 1. The summed E-state index contributed by atoms with van der Waals surface area (Å²) in [4.78, 5) is 11.0. The minimum Gasteiger partial charge on any atom is -0.493 e. The highest BCUT2D eigenvalue weighted by atomic mass is 16.5. The van der Waals surface area contributed by atoms with Crippen molar-refractivity contribution in [1.82, 2.24) is 0 Å². The molecule has 0 aromatic heterocycles. The van der Waals surface area contributed by atoms with E-state index in [0.29, 0.717) is 11.7 Å². The first-order valence-corrected chi connectivity index (χ1v) is 5.54. The zero-order chi connectivity index (χ0) is 10.5. The Labute approximate surface area is 90.3 Å². The molecule has 15 heavy (non-hydrogen) atoms. The van der Waals surface area contributed by atoms with Crippen molar-refractivity contribution < 1.29 is 9.53 Å². The third-order valence-electron chi connectivity index (χ3n) is 2.89. The number of para-hydroxylation sites is 1. The van der Waals surface area contributed by atoms with E-state index in [-0.39, 0.29) is 0 Å². The van der Waals surface area contributed by atoms with Crippen LogP contribution in [0.15, 0.2) is 30.3 Å². The first-order chi connectivity index (χ1) is 7.34. The van der Waals surface area contributed by atoms with Crippen molar-refractivity contribution in [3.63, 3.8) is 0 Å². The van der Waals surface area contributed by atoms with Gasteiger partial charge in [0.05, 0.1) is 6.61 Å².